The molecule has 0 saturated carbocycles. The van der Waals surface area contributed by atoms with Gasteiger partial charge in [-0.2, -0.15) is 0 Å². The molecule has 0 aromatic heterocycles. The Morgan fingerprint density at radius 2 is 1.75 bits per heavy atom. The van der Waals surface area contributed by atoms with Crippen LogP contribution in [0.2, 0.25) is 0 Å². The smallest absolute Gasteiger partial charge is 0.325 e. The third-order valence-corrected chi connectivity index (χ3v) is 2.56. The van der Waals surface area contributed by atoms with E-state index in [2.05, 4.69) is 15.4 Å². The summed E-state index contributed by atoms with van der Waals surface area (Å²) in [6.07, 6.45) is 0. The number of anilines is 1. The molecule has 2 N–H and O–H groups in total. The van der Waals surface area contributed by atoms with Crippen LogP contribution < -0.4 is 10.6 Å². The number of esters is 1. The number of carbonyl (C=O) groups excluding carboxylic acids is 3. The number of rotatable bonds is 5. The minimum atomic E-state index is -0.515. The highest BCUT2D eigenvalue weighted by atomic mass is 16.5. The van der Waals surface area contributed by atoms with Gasteiger partial charge in [0.1, 0.15) is 6.54 Å². The highest BCUT2D eigenvalue weighted by Crippen LogP contribution is 2.10. The number of ether oxygens (including phenoxy) is 1. The number of nitrogens with one attached hydrogen (secondary N) is 2. The van der Waals surface area contributed by atoms with E-state index in [9.17, 15) is 14.4 Å². The van der Waals surface area contributed by atoms with Gasteiger partial charge in [-0.3, -0.25) is 14.4 Å². The first-order chi connectivity index (χ1) is 9.43. The van der Waals surface area contributed by atoms with Crippen LogP contribution >= 0.6 is 0 Å². The lowest BCUT2D eigenvalue weighted by Gasteiger charge is -2.08. The zero-order chi connectivity index (χ0) is 15.1. The molecule has 0 aliphatic heterocycles. The van der Waals surface area contributed by atoms with E-state index in [1.54, 1.807) is 38.1 Å². The minimum absolute atomic E-state index is 0.0899. The summed E-state index contributed by atoms with van der Waals surface area (Å²) in [6, 6.07) is 6.41. The maximum absolute atomic E-state index is 11.7. The summed E-state index contributed by atoms with van der Waals surface area (Å²) in [5.74, 6) is -1.10. The van der Waals surface area contributed by atoms with Crippen LogP contribution in [-0.4, -0.2) is 31.4 Å². The summed E-state index contributed by atoms with van der Waals surface area (Å²) >= 11 is 0. The monoisotopic (exact) mass is 278 g/mol. The largest absolute Gasteiger partial charge is 0.468 e. The van der Waals surface area contributed by atoms with E-state index in [1.807, 2.05) is 0 Å². The van der Waals surface area contributed by atoms with Crippen molar-refractivity contribution in [3.8, 4) is 0 Å². The first kappa shape index (κ1) is 15.7. The Hall–Kier alpha value is -2.37. The maximum Gasteiger partial charge on any atom is 0.325 e. The van der Waals surface area contributed by atoms with E-state index < -0.39 is 5.97 Å². The molecule has 0 bridgehead atoms. The highest BCUT2D eigenvalue weighted by molar-refractivity contribution is 5.97. The molecule has 6 nitrogen and oxygen atoms in total. The predicted octanol–water partition coefficient (Wildman–Crippen LogP) is 1.18. The summed E-state index contributed by atoms with van der Waals surface area (Å²) in [6.45, 7) is 3.41. The Morgan fingerprint density at radius 3 is 2.25 bits per heavy atom. The van der Waals surface area contributed by atoms with Crippen molar-refractivity contribution in [1.82, 2.24) is 5.32 Å². The van der Waals surface area contributed by atoms with Crippen molar-refractivity contribution in [2.24, 2.45) is 5.92 Å². The fourth-order valence-electron chi connectivity index (χ4n) is 1.32. The molecule has 0 unspecified atom stereocenters. The number of benzene rings is 1. The van der Waals surface area contributed by atoms with Crippen LogP contribution in [0.1, 0.15) is 24.2 Å². The molecule has 20 heavy (non-hydrogen) atoms. The molecule has 0 aliphatic rings. The molecular formula is C14H18N2O4. The van der Waals surface area contributed by atoms with E-state index in [0.29, 0.717) is 11.3 Å². The molecule has 0 heterocycles. The Bertz CT molecular complexity index is 494. The summed E-state index contributed by atoms with van der Waals surface area (Å²) in [7, 11) is 1.25. The summed E-state index contributed by atoms with van der Waals surface area (Å²) in [4.78, 5) is 34.1. The van der Waals surface area contributed by atoms with Crippen LogP contribution in [0.5, 0.6) is 0 Å². The third kappa shape index (κ3) is 4.72. The van der Waals surface area contributed by atoms with E-state index in [0.717, 1.165) is 0 Å². The molecule has 2 amide bonds. The van der Waals surface area contributed by atoms with Crippen molar-refractivity contribution in [1.29, 1.82) is 0 Å². The lowest BCUT2D eigenvalue weighted by atomic mass is 10.1. The van der Waals surface area contributed by atoms with Gasteiger partial charge in [0, 0.05) is 17.2 Å². The lowest BCUT2D eigenvalue weighted by molar-refractivity contribution is -0.139. The predicted molar refractivity (Wildman–Crippen MR) is 74.3 cm³/mol. The van der Waals surface area contributed by atoms with Crippen LogP contribution in [0.3, 0.4) is 0 Å². The quantitative estimate of drug-likeness (QED) is 0.792. The number of hydrogen-bond donors (Lipinski definition) is 2. The van der Waals surface area contributed by atoms with E-state index >= 15 is 0 Å². The van der Waals surface area contributed by atoms with Gasteiger partial charge in [0.2, 0.25) is 5.91 Å². The zero-order valence-electron chi connectivity index (χ0n) is 11.7. The molecule has 0 radical (unpaired) electrons. The number of amides is 2. The maximum atomic E-state index is 11.7. The second-order valence-corrected chi connectivity index (χ2v) is 4.48. The molecule has 0 aliphatic carbocycles. The molecule has 0 spiro atoms. The van der Waals surface area contributed by atoms with Gasteiger partial charge in [-0.05, 0) is 24.3 Å². The molecule has 0 fully saturated rings. The Balaban J connectivity index is 2.59. The normalized spacial score (nSPS) is 10.0. The molecule has 108 valence electrons. The average molecular weight is 278 g/mol. The van der Waals surface area contributed by atoms with Crippen LogP contribution in [-0.2, 0) is 14.3 Å². The fraction of sp³-hybridized carbons (Fsp3) is 0.357. The number of carbonyl (C=O) groups is 3. The average Bonchev–Trinajstić information content (AvgIpc) is 2.44. The molecule has 6 heteroatoms. The van der Waals surface area contributed by atoms with Gasteiger partial charge >= 0.3 is 5.97 Å². The first-order valence-electron chi connectivity index (χ1n) is 6.20. The van der Waals surface area contributed by atoms with E-state index in [-0.39, 0.29) is 24.3 Å². The van der Waals surface area contributed by atoms with Crippen LogP contribution in [0, 0.1) is 5.92 Å². The molecule has 1 rings (SSSR count). The zero-order valence-corrected chi connectivity index (χ0v) is 11.7. The molecule has 1 aromatic rings. The van der Waals surface area contributed by atoms with Crippen molar-refractivity contribution >= 4 is 23.5 Å². The minimum Gasteiger partial charge on any atom is -0.468 e. The first-order valence-corrected chi connectivity index (χ1v) is 6.20. The van der Waals surface area contributed by atoms with Crippen LogP contribution in [0.25, 0.3) is 0 Å². The lowest BCUT2D eigenvalue weighted by Crippen LogP contribution is -2.30. The molecule has 1 aromatic carbocycles. The third-order valence-electron chi connectivity index (χ3n) is 2.56. The summed E-state index contributed by atoms with van der Waals surface area (Å²) in [5, 5.41) is 5.15. The van der Waals surface area contributed by atoms with Crippen molar-refractivity contribution in [3.63, 3.8) is 0 Å². The molecule has 0 saturated heterocycles. The van der Waals surface area contributed by atoms with Gasteiger partial charge < -0.3 is 15.4 Å². The fourth-order valence-corrected chi connectivity index (χ4v) is 1.32. The Kier molecular flexibility index (Phi) is 5.71. The summed E-state index contributed by atoms with van der Waals surface area (Å²) in [5.41, 5.74) is 1.02. The van der Waals surface area contributed by atoms with Gasteiger partial charge in [-0.25, -0.2) is 0 Å². The van der Waals surface area contributed by atoms with Gasteiger partial charge in [0.05, 0.1) is 7.11 Å². The van der Waals surface area contributed by atoms with Crippen LogP contribution in [0.4, 0.5) is 5.69 Å². The molecular weight excluding hydrogens is 260 g/mol. The van der Waals surface area contributed by atoms with Gasteiger partial charge in [0.25, 0.3) is 5.91 Å². The van der Waals surface area contributed by atoms with Gasteiger partial charge in [0.15, 0.2) is 0 Å². The number of hydrogen-bond acceptors (Lipinski definition) is 4. The SMILES string of the molecule is COC(=O)CNC(=O)c1ccc(NC(=O)C(C)C)cc1. The second-order valence-electron chi connectivity index (χ2n) is 4.48. The van der Waals surface area contributed by atoms with Crippen molar-refractivity contribution in [2.45, 2.75) is 13.8 Å². The topological polar surface area (TPSA) is 84.5 Å². The van der Waals surface area contributed by atoms with Gasteiger partial charge in [-0.15, -0.1) is 0 Å². The van der Waals surface area contributed by atoms with Gasteiger partial charge in [-0.1, -0.05) is 13.8 Å². The Morgan fingerprint density at radius 1 is 1.15 bits per heavy atom. The highest BCUT2D eigenvalue weighted by Gasteiger charge is 2.09. The standard InChI is InChI=1S/C14H18N2O4/c1-9(2)13(18)16-11-6-4-10(5-7-11)14(19)15-8-12(17)20-3/h4-7,9H,8H2,1-3H3,(H,15,19)(H,16,18). The van der Waals surface area contributed by atoms with Crippen molar-refractivity contribution in [2.75, 3.05) is 19.0 Å². The summed E-state index contributed by atoms with van der Waals surface area (Å²) < 4.78 is 4.42. The van der Waals surface area contributed by atoms with Crippen molar-refractivity contribution < 1.29 is 19.1 Å². The van der Waals surface area contributed by atoms with E-state index in [4.69, 9.17) is 0 Å². The van der Waals surface area contributed by atoms with E-state index in [1.165, 1.54) is 7.11 Å². The van der Waals surface area contributed by atoms with Crippen LogP contribution in [0.15, 0.2) is 24.3 Å². The number of methoxy groups -OCH3 is 1. The Labute approximate surface area is 117 Å². The second kappa shape index (κ2) is 7.28. The van der Waals surface area contributed by atoms with Crippen molar-refractivity contribution in [3.05, 3.63) is 29.8 Å². The molecule has 0 atom stereocenters.